The van der Waals surface area contributed by atoms with Crippen molar-refractivity contribution < 1.29 is 19.4 Å². The predicted octanol–water partition coefficient (Wildman–Crippen LogP) is 4.49. The molecule has 0 spiro atoms. The number of rotatable bonds is 7. The molecule has 1 fully saturated rings. The first-order valence-corrected chi connectivity index (χ1v) is 12.1. The monoisotopic (exact) mass is 448 g/mol. The van der Waals surface area contributed by atoms with Crippen LogP contribution in [0.5, 0.6) is 5.75 Å². The van der Waals surface area contributed by atoms with E-state index in [0.29, 0.717) is 31.2 Å². The van der Waals surface area contributed by atoms with Gasteiger partial charge in [0.2, 0.25) is 0 Å². The van der Waals surface area contributed by atoms with Crippen LogP contribution in [-0.4, -0.2) is 48.6 Å². The van der Waals surface area contributed by atoms with Crippen LogP contribution in [0.2, 0.25) is 0 Å². The van der Waals surface area contributed by atoms with Gasteiger partial charge in [0.1, 0.15) is 12.4 Å². The van der Waals surface area contributed by atoms with E-state index in [-0.39, 0.29) is 19.1 Å². The molecule has 0 radical (unpaired) electrons. The van der Waals surface area contributed by atoms with E-state index in [1.54, 1.807) is 0 Å². The van der Waals surface area contributed by atoms with Gasteiger partial charge in [0.25, 0.3) is 5.91 Å². The highest BCUT2D eigenvalue weighted by Gasteiger charge is 2.29. The van der Waals surface area contributed by atoms with Gasteiger partial charge in [-0.1, -0.05) is 37.5 Å². The number of ether oxygens (including phenoxy) is 2. The van der Waals surface area contributed by atoms with E-state index in [1.807, 2.05) is 18.2 Å². The summed E-state index contributed by atoms with van der Waals surface area (Å²) < 4.78 is 13.7. The minimum Gasteiger partial charge on any atom is -0.491 e. The highest BCUT2D eigenvalue weighted by molar-refractivity contribution is 6.01. The number of nitrogens with one attached hydrogen (secondary N) is 1. The lowest BCUT2D eigenvalue weighted by Crippen LogP contribution is -2.27. The van der Waals surface area contributed by atoms with Gasteiger partial charge in [-0.05, 0) is 48.6 Å². The van der Waals surface area contributed by atoms with Gasteiger partial charge in [0.05, 0.1) is 32.1 Å². The lowest BCUT2D eigenvalue weighted by molar-refractivity contribution is 0.0838. The average Bonchev–Trinajstić information content (AvgIpc) is 3.05. The third-order valence-electron chi connectivity index (χ3n) is 6.86. The summed E-state index contributed by atoms with van der Waals surface area (Å²) >= 11 is 0. The fourth-order valence-electron chi connectivity index (χ4n) is 5.39. The van der Waals surface area contributed by atoms with Gasteiger partial charge < -0.3 is 24.5 Å². The zero-order valence-electron chi connectivity index (χ0n) is 19.0. The van der Waals surface area contributed by atoms with Gasteiger partial charge in [-0.15, -0.1) is 0 Å². The number of para-hydroxylation sites is 1. The quantitative estimate of drug-likeness (QED) is 0.523. The number of hydrogen-bond donors (Lipinski definition) is 2. The van der Waals surface area contributed by atoms with E-state index in [2.05, 4.69) is 34.1 Å². The molecule has 2 aromatic carbocycles. The normalized spacial score (nSPS) is 16.0. The molecular formula is C27H32N2O4. The molecule has 1 amide bonds. The summed E-state index contributed by atoms with van der Waals surface area (Å²) in [5.41, 5.74) is 5.60. The van der Waals surface area contributed by atoms with Crippen molar-refractivity contribution in [2.45, 2.75) is 44.6 Å². The third kappa shape index (κ3) is 4.37. The number of carbonyl (C=O) groups excluding carboxylic acids is 1. The number of aromatic nitrogens is 1. The van der Waals surface area contributed by atoms with Crippen molar-refractivity contribution in [3.05, 3.63) is 53.6 Å². The zero-order chi connectivity index (χ0) is 22.6. The molecule has 1 aliphatic carbocycles. The summed E-state index contributed by atoms with van der Waals surface area (Å²) in [5, 5.41) is 13.0. The van der Waals surface area contributed by atoms with Gasteiger partial charge in [-0.25, -0.2) is 0 Å². The first kappa shape index (κ1) is 22.0. The number of nitrogens with zero attached hydrogens (tertiary/aromatic N) is 1. The Morgan fingerprint density at radius 3 is 2.82 bits per heavy atom. The van der Waals surface area contributed by atoms with Crippen molar-refractivity contribution in [3.8, 4) is 17.0 Å². The molecule has 1 saturated carbocycles. The molecule has 3 aromatic rings. The van der Waals surface area contributed by atoms with Crippen molar-refractivity contribution in [1.29, 1.82) is 0 Å². The lowest BCUT2D eigenvalue weighted by atomic mass is 9.81. The second-order valence-corrected chi connectivity index (χ2v) is 8.92. The minimum absolute atomic E-state index is 0.0138. The molecule has 1 aromatic heterocycles. The predicted molar refractivity (Wildman–Crippen MR) is 129 cm³/mol. The molecule has 2 N–H and O–H groups in total. The van der Waals surface area contributed by atoms with Crippen LogP contribution in [0, 0.1) is 0 Å². The van der Waals surface area contributed by atoms with E-state index in [9.17, 15) is 4.79 Å². The molecule has 2 heterocycles. The summed E-state index contributed by atoms with van der Waals surface area (Å²) in [4.78, 5) is 12.8. The number of hydrogen-bond acceptors (Lipinski definition) is 4. The highest BCUT2D eigenvalue weighted by atomic mass is 16.5. The molecule has 0 unspecified atom stereocenters. The first-order chi connectivity index (χ1) is 16.3. The Balaban J connectivity index is 1.56. The summed E-state index contributed by atoms with van der Waals surface area (Å²) in [5.74, 6) is 1.37. The molecule has 2 aliphatic rings. The van der Waals surface area contributed by atoms with Crippen LogP contribution in [0.15, 0.2) is 42.5 Å². The fourth-order valence-corrected chi connectivity index (χ4v) is 5.39. The van der Waals surface area contributed by atoms with Crippen LogP contribution in [0.25, 0.3) is 22.2 Å². The van der Waals surface area contributed by atoms with Crippen LogP contribution < -0.4 is 10.1 Å². The molecule has 0 bridgehead atoms. The Bertz CT molecular complexity index is 1130. The maximum absolute atomic E-state index is 12.8. The molecular weight excluding hydrogens is 416 g/mol. The Morgan fingerprint density at radius 1 is 1.12 bits per heavy atom. The Kier molecular flexibility index (Phi) is 6.65. The number of amides is 1. The van der Waals surface area contributed by atoms with E-state index in [1.165, 1.54) is 48.7 Å². The Morgan fingerprint density at radius 2 is 1.97 bits per heavy atom. The number of fused-ring (bicyclic) bond motifs is 5. The average molecular weight is 449 g/mol. The smallest absolute Gasteiger partial charge is 0.251 e. The van der Waals surface area contributed by atoms with Crippen molar-refractivity contribution in [2.24, 2.45) is 0 Å². The van der Waals surface area contributed by atoms with E-state index < -0.39 is 0 Å². The number of carbonyl (C=O) groups is 1. The SMILES string of the molecule is O=C(NCCOCCO)c1ccc2c(C3CCCCC3)c3n(c2c1)CCOc1ccccc1-3. The van der Waals surface area contributed by atoms with Crippen LogP contribution in [0.4, 0.5) is 0 Å². The highest BCUT2D eigenvalue weighted by Crippen LogP contribution is 2.47. The zero-order valence-corrected chi connectivity index (χ0v) is 19.0. The Labute approximate surface area is 194 Å². The molecule has 6 heteroatoms. The van der Waals surface area contributed by atoms with Crippen molar-refractivity contribution in [2.75, 3.05) is 33.0 Å². The summed E-state index contributed by atoms with van der Waals surface area (Å²) in [6.07, 6.45) is 6.29. The Hall–Kier alpha value is -2.83. The summed E-state index contributed by atoms with van der Waals surface area (Å²) in [6, 6.07) is 14.5. The minimum atomic E-state index is -0.107. The second-order valence-electron chi connectivity index (χ2n) is 8.92. The van der Waals surface area contributed by atoms with Crippen LogP contribution in [-0.2, 0) is 11.3 Å². The second kappa shape index (κ2) is 9.98. The number of benzene rings is 2. The number of aliphatic hydroxyl groups excluding tert-OH is 1. The van der Waals surface area contributed by atoms with Gasteiger partial charge in [-0.2, -0.15) is 0 Å². The third-order valence-corrected chi connectivity index (χ3v) is 6.86. The van der Waals surface area contributed by atoms with Gasteiger partial charge in [0, 0.05) is 28.6 Å². The van der Waals surface area contributed by atoms with Gasteiger partial charge in [-0.3, -0.25) is 4.79 Å². The lowest BCUT2D eigenvalue weighted by Gasteiger charge is -2.23. The molecule has 6 nitrogen and oxygen atoms in total. The van der Waals surface area contributed by atoms with Gasteiger partial charge >= 0.3 is 0 Å². The number of aliphatic hydroxyl groups is 1. The first-order valence-electron chi connectivity index (χ1n) is 12.1. The van der Waals surface area contributed by atoms with Crippen molar-refractivity contribution >= 4 is 16.8 Å². The fraction of sp³-hybridized carbons (Fsp3) is 0.444. The van der Waals surface area contributed by atoms with E-state index >= 15 is 0 Å². The maximum Gasteiger partial charge on any atom is 0.251 e. The van der Waals surface area contributed by atoms with Crippen LogP contribution >= 0.6 is 0 Å². The molecule has 0 saturated heterocycles. The van der Waals surface area contributed by atoms with Crippen LogP contribution in [0.1, 0.15) is 53.9 Å². The maximum atomic E-state index is 12.8. The molecule has 1 aliphatic heterocycles. The van der Waals surface area contributed by atoms with E-state index in [0.717, 1.165) is 23.4 Å². The van der Waals surface area contributed by atoms with Crippen LogP contribution in [0.3, 0.4) is 0 Å². The molecule has 0 atom stereocenters. The van der Waals surface area contributed by atoms with Gasteiger partial charge in [0.15, 0.2) is 0 Å². The molecule has 174 valence electrons. The molecule has 33 heavy (non-hydrogen) atoms. The standard InChI is InChI=1S/C27H32N2O4/c30-14-17-32-15-12-28-27(31)20-10-11-21-23(18-20)29-13-16-33-24-9-5-4-8-22(24)26(29)25(21)19-6-2-1-3-7-19/h4-5,8-11,18-19,30H,1-3,6-7,12-17H2,(H,28,31). The molecule has 5 rings (SSSR count). The summed E-state index contributed by atoms with van der Waals surface area (Å²) in [7, 11) is 0. The van der Waals surface area contributed by atoms with E-state index in [4.69, 9.17) is 14.6 Å². The topological polar surface area (TPSA) is 72.7 Å². The largest absolute Gasteiger partial charge is 0.491 e. The van der Waals surface area contributed by atoms with Crippen molar-refractivity contribution in [3.63, 3.8) is 0 Å². The summed E-state index contributed by atoms with van der Waals surface area (Å²) in [6.45, 7) is 2.43. The van der Waals surface area contributed by atoms with Crippen molar-refractivity contribution in [1.82, 2.24) is 9.88 Å².